The van der Waals surface area contributed by atoms with E-state index in [-0.39, 0.29) is 10.6 Å². The van der Waals surface area contributed by atoms with E-state index in [4.69, 9.17) is 0 Å². The number of Topliss-reactive ketones (excluding diaryl/α,β-unsaturated/α-hetero) is 1. The third-order valence-corrected chi connectivity index (χ3v) is 2.85. The van der Waals surface area contributed by atoms with Crippen LogP contribution in [-0.2, 0) is 14.3 Å². The number of hydrogen-bond acceptors (Lipinski definition) is 6. The number of thiophene rings is 1. The monoisotopic (exact) mass is 255 g/mol. The van der Waals surface area contributed by atoms with Gasteiger partial charge in [-0.05, 0) is 19.1 Å². The molecule has 0 aromatic carbocycles. The van der Waals surface area contributed by atoms with Crippen LogP contribution in [0.2, 0.25) is 0 Å². The summed E-state index contributed by atoms with van der Waals surface area (Å²) in [6, 6.07) is 2.78. The van der Waals surface area contributed by atoms with E-state index in [9.17, 15) is 19.7 Å². The van der Waals surface area contributed by atoms with E-state index in [0.717, 1.165) is 18.4 Å². The Morgan fingerprint density at radius 3 is 2.53 bits per heavy atom. The van der Waals surface area contributed by atoms with Gasteiger partial charge in [0.25, 0.3) is 0 Å². The van der Waals surface area contributed by atoms with Gasteiger partial charge in [-0.25, -0.2) is 4.79 Å². The van der Waals surface area contributed by atoms with Crippen molar-refractivity contribution < 1.29 is 19.2 Å². The minimum Gasteiger partial charge on any atom is -0.465 e. The van der Waals surface area contributed by atoms with E-state index in [1.165, 1.54) is 25.1 Å². The van der Waals surface area contributed by atoms with Gasteiger partial charge in [-0.2, -0.15) is 0 Å². The fourth-order valence-corrected chi connectivity index (χ4v) is 1.84. The molecule has 0 unspecified atom stereocenters. The highest BCUT2D eigenvalue weighted by Gasteiger charge is 2.16. The molecule has 0 fully saturated rings. The molecule has 0 amide bonds. The third kappa shape index (κ3) is 3.22. The van der Waals surface area contributed by atoms with Gasteiger partial charge in [0.1, 0.15) is 5.57 Å². The van der Waals surface area contributed by atoms with Crippen LogP contribution in [0.15, 0.2) is 17.7 Å². The molecule has 1 heterocycles. The van der Waals surface area contributed by atoms with Gasteiger partial charge in [0.15, 0.2) is 5.78 Å². The van der Waals surface area contributed by atoms with E-state index >= 15 is 0 Å². The summed E-state index contributed by atoms with van der Waals surface area (Å²) in [5.74, 6) is -1.21. The lowest BCUT2D eigenvalue weighted by atomic mass is 10.1. The predicted octanol–water partition coefficient (Wildman–Crippen LogP) is 1.80. The van der Waals surface area contributed by atoms with Crippen molar-refractivity contribution in [1.82, 2.24) is 0 Å². The van der Waals surface area contributed by atoms with Crippen molar-refractivity contribution in [2.24, 2.45) is 0 Å². The standard InChI is InChI=1S/C10H9NO5S/c1-6(12)8(10(13)16-2)5-7-3-4-9(17-7)11(14)15/h3-5H,1-2H3/b8-5+. The average Bonchev–Trinajstić information content (AvgIpc) is 2.73. The van der Waals surface area contributed by atoms with Crippen LogP contribution in [0.5, 0.6) is 0 Å². The molecule has 0 spiro atoms. The highest BCUT2D eigenvalue weighted by atomic mass is 32.1. The Hall–Kier alpha value is -2.02. The smallest absolute Gasteiger partial charge is 0.341 e. The number of ether oxygens (including phenoxy) is 1. The summed E-state index contributed by atoms with van der Waals surface area (Å²) in [6.07, 6.45) is 1.28. The fraction of sp³-hybridized carbons (Fsp3) is 0.200. The molecule has 0 aliphatic carbocycles. The minimum atomic E-state index is -0.756. The largest absolute Gasteiger partial charge is 0.465 e. The van der Waals surface area contributed by atoms with E-state index < -0.39 is 16.7 Å². The second-order valence-electron chi connectivity index (χ2n) is 3.04. The molecule has 1 aromatic rings. The Bertz CT molecular complexity index is 503. The van der Waals surface area contributed by atoms with Gasteiger partial charge in [-0.15, -0.1) is 0 Å². The molecule has 0 saturated heterocycles. The van der Waals surface area contributed by atoms with Gasteiger partial charge in [0, 0.05) is 10.9 Å². The maximum atomic E-state index is 11.3. The number of hydrogen-bond donors (Lipinski definition) is 0. The van der Waals surface area contributed by atoms with Gasteiger partial charge in [0.05, 0.1) is 12.0 Å². The minimum absolute atomic E-state index is 0.0518. The van der Waals surface area contributed by atoms with Crippen molar-refractivity contribution >= 4 is 34.2 Å². The molecule has 0 atom stereocenters. The molecule has 0 N–H and O–H groups in total. The van der Waals surface area contributed by atoms with Crippen molar-refractivity contribution in [3.63, 3.8) is 0 Å². The molecule has 0 bridgehead atoms. The molecular weight excluding hydrogens is 246 g/mol. The SMILES string of the molecule is COC(=O)/C(=C/c1ccc([N+](=O)[O-])s1)C(C)=O. The van der Waals surface area contributed by atoms with Gasteiger partial charge >= 0.3 is 11.0 Å². The lowest BCUT2D eigenvalue weighted by Gasteiger charge is -1.99. The molecular formula is C10H9NO5S. The zero-order valence-electron chi connectivity index (χ0n) is 9.13. The highest BCUT2D eigenvalue weighted by Crippen LogP contribution is 2.26. The second-order valence-corrected chi connectivity index (χ2v) is 4.13. The number of nitro groups is 1. The summed E-state index contributed by atoms with van der Waals surface area (Å²) in [4.78, 5) is 32.8. The van der Waals surface area contributed by atoms with Crippen LogP contribution < -0.4 is 0 Å². The lowest BCUT2D eigenvalue weighted by molar-refractivity contribution is -0.380. The molecule has 0 aliphatic heterocycles. The van der Waals surface area contributed by atoms with Crippen molar-refractivity contribution in [3.8, 4) is 0 Å². The topological polar surface area (TPSA) is 86.5 Å². The molecule has 17 heavy (non-hydrogen) atoms. The number of carbonyl (C=O) groups is 2. The van der Waals surface area contributed by atoms with E-state index in [2.05, 4.69) is 4.74 Å². The quantitative estimate of drug-likeness (QED) is 0.204. The normalized spacial score (nSPS) is 11.1. The summed E-state index contributed by atoms with van der Waals surface area (Å²) in [7, 11) is 1.16. The average molecular weight is 255 g/mol. The highest BCUT2D eigenvalue weighted by molar-refractivity contribution is 7.16. The number of methoxy groups -OCH3 is 1. The Morgan fingerprint density at radius 1 is 1.47 bits per heavy atom. The maximum Gasteiger partial charge on any atom is 0.341 e. The molecule has 0 aliphatic rings. The van der Waals surface area contributed by atoms with Crippen molar-refractivity contribution in [2.45, 2.75) is 6.92 Å². The molecule has 7 heteroatoms. The van der Waals surface area contributed by atoms with E-state index in [1.54, 1.807) is 0 Å². The van der Waals surface area contributed by atoms with Gasteiger partial charge in [-0.3, -0.25) is 14.9 Å². The summed E-state index contributed by atoms with van der Waals surface area (Å²) < 4.78 is 4.44. The summed E-state index contributed by atoms with van der Waals surface area (Å²) in [5, 5.41) is 10.4. The van der Waals surface area contributed by atoms with Crippen molar-refractivity contribution in [2.75, 3.05) is 7.11 Å². The first-order chi connectivity index (χ1) is 7.95. The Labute approximate surface area is 101 Å². The number of rotatable bonds is 4. The van der Waals surface area contributed by atoms with Crippen LogP contribution in [0.4, 0.5) is 5.00 Å². The molecule has 90 valence electrons. The summed E-state index contributed by atoms with van der Waals surface area (Å²) >= 11 is 0.879. The molecule has 0 radical (unpaired) electrons. The summed E-state index contributed by atoms with van der Waals surface area (Å²) in [6.45, 7) is 1.23. The number of carbonyl (C=O) groups excluding carboxylic acids is 2. The van der Waals surface area contributed by atoms with Crippen LogP contribution in [0.1, 0.15) is 11.8 Å². The zero-order valence-corrected chi connectivity index (χ0v) is 9.95. The predicted molar refractivity (Wildman–Crippen MR) is 61.6 cm³/mol. The van der Waals surface area contributed by atoms with Gasteiger partial charge in [0.2, 0.25) is 0 Å². The number of esters is 1. The molecule has 1 aromatic heterocycles. The lowest BCUT2D eigenvalue weighted by Crippen LogP contribution is -2.11. The first kappa shape index (κ1) is 13.0. The van der Waals surface area contributed by atoms with Crippen LogP contribution in [0.3, 0.4) is 0 Å². The van der Waals surface area contributed by atoms with E-state index in [1.807, 2.05) is 0 Å². The Morgan fingerprint density at radius 2 is 2.12 bits per heavy atom. The van der Waals surface area contributed by atoms with Crippen molar-refractivity contribution in [1.29, 1.82) is 0 Å². The summed E-state index contributed by atoms with van der Waals surface area (Å²) in [5.41, 5.74) is -0.135. The Balaban J connectivity index is 3.09. The van der Waals surface area contributed by atoms with Crippen LogP contribution in [-0.4, -0.2) is 23.8 Å². The van der Waals surface area contributed by atoms with E-state index in [0.29, 0.717) is 4.88 Å². The number of ketones is 1. The molecule has 1 rings (SSSR count). The zero-order chi connectivity index (χ0) is 13.0. The maximum absolute atomic E-state index is 11.3. The Kier molecular flexibility index (Phi) is 4.11. The van der Waals surface area contributed by atoms with Gasteiger partial charge < -0.3 is 4.74 Å². The van der Waals surface area contributed by atoms with Crippen molar-refractivity contribution in [3.05, 3.63) is 32.7 Å². The molecule has 0 saturated carbocycles. The molecule has 6 nitrogen and oxygen atoms in total. The number of nitrogens with zero attached hydrogens (tertiary/aromatic N) is 1. The second kappa shape index (κ2) is 5.35. The van der Waals surface area contributed by atoms with Crippen LogP contribution >= 0.6 is 11.3 Å². The fourth-order valence-electron chi connectivity index (χ4n) is 1.07. The first-order valence-corrected chi connectivity index (χ1v) is 5.32. The first-order valence-electron chi connectivity index (χ1n) is 4.51. The van der Waals surface area contributed by atoms with Crippen LogP contribution in [0, 0.1) is 10.1 Å². The van der Waals surface area contributed by atoms with Crippen LogP contribution in [0.25, 0.3) is 6.08 Å². The van der Waals surface area contributed by atoms with Gasteiger partial charge in [-0.1, -0.05) is 11.3 Å². The third-order valence-electron chi connectivity index (χ3n) is 1.86.